The fourth-order valence-corrected chi connectivity index (χ4v) is 2.27. The van der Waals surface area contributed by atoms with Gasteiger partial charge in [-0.25, -0.2) is 4.39 Å². The number of hydrogen-bond acceptors (Lipinski definition) is 1. The fourth-order valence-electron chi connectivity index (χ4n) is 2.27. The highest BCUT2D eigenvalue weighted by molar-refractivity contribution is 5.94. The summed E-state index contributed by atoms with van der Waals surface area (Å²) in [7, 11) is 0. The summed E-state index contributed by atoms with van der Waals surface area (Å²) >= 11 is 0. The molecule has 0 fully saturated rings. The van der Waals surface area contributed by atoms with Crippen LogP contribution in [0.5, 0.6) is 0 Å². The predicted molar refractivity (Wildman–Crippen MR) is 87.4 cm³/mol. The maximum atomic E-state index is 13.6. The molecule has 3 heteroatoms. The number of nitrogens with one attached hydrogen (secondary N) is 1. The fraction of sp³-hybridized carbons (Fsp3) is 0.316. The first-order chi connectivity index (χ1) is 10.3. The maximum absolute atomic E-state index is 13.6. The summed E-state index contributed by atoms with van der Waals surface area (Å²) in [5.41, 5.74) is 2.40. The number of hydrogen-bond donors (Lipinski definition) is 1. The zero-order valence-corrected chi connectivity index (χ0v) is 13.5. The van der Waals surface area contributed by atoms with Crippen molar-refractivity contribution in [2.75, 3.05) is 0 Å². The molecule has 1 atom stereocenters. The van der Waals surface area contributed by atoms with Crippen LogP contribution < -0.4 is 5.32 Å². The highest BCUT2D eigenvalue weighted by atomic mass is 19.1. The molecule has 116 valence electrons. The molecule has 0 aliphatic heterocycles. The van der Waals surface area contributed by atoms with Crippen LogP contribution >= 0.6 is 0 Å². The van der Waals surface area contributed by atoms with Gasteiger partial charge >= 0.3 is 0 Å². The van der Waals surface area contributed by atoms with Crippen molar-refractivity contribution in [1.29, 1.82) is 0 Å². The molecule has 2 aromatic rings. The van der Waals surface area contributed by atoms with Gasteiger partial charge in [-0.1, -0.05) is 57.2 Å². The Labute approximate surface area is 131 Å². The molecule has 0 saturated carbocycles. The van der Waals surface area contributed by atoms with Crippen molar-refractivity contribution in [3.05, 3.63) is 71.0 Å². The van der Waals surface area contributed by atoms with Gasteiger partial charge in [-0.2, -0.15) is 0 Å². The molecule has 0 radical (unpaired) electrons. The third kappa shape index (κ3) is 3.73. The van der Waals surface area contributed by atoms with Gasteiger partial charge in [0.25, 0.3) is 5.91 Å². The van der Waals surface area contributed by atoms with Crippen LogP contribution in [0.1, 0.15) is 55.2 Å². The first kappa shape index (κ1) is 16.2. The number of rotatable bonds is 3. The summed E-state index contributed by atoms with van der Waals surface area (Å²) in [5, 5.41) is 2.83. The van der Waals surface area contributed by atoms with E-state index in [2.05, 4.69) is 38.2 Å². The second kappa shape index (κ2) is 6.30. The summed E-state index contributed by atoms with van der Waals surface area (Å²) < 4.78 is 13.6. The molecule has 1 amide bonds. The van der Waals surface area contributed by atoms with Crippen molar-refractivity contribution in [2.45, 2.75) is 39.2 Å². The largest absolute Gasteiger partial charge is 0.345 e. The van der Waals surface area contributed by atoms with Crippen LogP contribution in [-0.4, -0.2) is 5.91 Å². The topological polar surface area (TPSA) is 29.1 Å². The molecule has 2 rings (SSSR count). The first-order valence-electron chi connectivity index (χ1n) is 7.45. The van der Waals surface area contributed by atoms with Crippen LogP contribution in [0.25, 0.3) is 0 Å². The minimum Gasteiger partial charge on any atom is -0.345 e. The highest BCUT2D eigenvalue weighted by Crippen LogP contribution is 2.24. The van der Waals surface area contributed by atoms with E-state index in [-0.39, 0.29) is 17.0 Å². The molecule has 0 aromatic heterocycles. The summed E-state index contributed by atoms with van der Waals surface area (Å²) in [6.45, 7) is 8.37. The normalized spacial score (nSPS) is 12.8. The molecule has 0 unspecified atom stereocenters. The van der Waals surface area contributed by atoms with E-state index >= 15 is 0 Å². The second-order valence-electron chi connectivity index (χ2n) is 6.55. The van der Waals surface area contributed by atoms with Crippen LogP contribution in [0.4, 0.5) is 4.39 Å². The van der Waals surface area contributed by atoms with E-state index in [1.807, 2.05) is 19.1 Å². The molecule has 2 nitrogen and oxygen atoms in total. The zero-order valence-electron chi connectivity index (χ0n) is 13.5. The van der Waals surface area contributed by atoms with Gasteiger partial charge in [-0.05, 0) is 35.6 Å². The Morgan fingerprint density at radius 2 is 1.64 bits per heavy atom. The van der Waals surface area contributed by atoms with E-state index in [0.717, 1.165) is 5.56 Å². The Kier molecular flexibility index (Phi) is 4.65. The molecule has 0 bridgehead atoms. The molecule has 0 aliphatic rings. The van der Waals surface area contributed by atoms with Crippen LogP contribution in [-0.2, 0) is 5.41 Å². The van der Waals surface area contributed by atoms with Crippen LogP contribution in [0, 0.1) is 5.82 Å². The number of carbonyl (C=O) groups is 1. The quantitative estimate of drug-likeness (QED) is 0.880. The highest BCUT2D eigenvalue weighted by Gasteiger charge is 2.16. The summed E-state index contributed by atoms with van der Waals surface area (Å²) in [6.07, 6.45) is 0. The van der Waals surface area contributed by atoms with E-state index in [1.165, 1.54) is 17.7 Å². The SMILES string of the molecule is C[C@H](NC(=O)c1ccccc1F)c1ccc(C(C)(C)C)cc1. The van der Waals surface area contributed by atoms with Gasteiger partial charge in [0.1, 0.15) is 5.82 Å². The van der Waals surface area contributed by atoms with E-state index in [4.69, 9.17) is 0 Å². The van der Waals surface area contributed by atoms with Gasteiger partial charge in [0, 0.05) is 0 Å². The number of halogens is 1. The molecular weight excluding hydrogens is 277 g/mol. The predicted octanol–water partition coefficient (Wildman–Crippen LogP) is 4.61. The lowest BCUT2D eigenvalue weighted by Gasteiger charge is -2.20. The summed E-state index contributed by atoms with van der Waals surface area (Å²) in [5.74, 6) is -0.902. The van der Waals surface area contributed by atoms with E-state index in [0.29, 0.717) is 0 Å². The Hall–Kier alpha value is -2.16. The molecule has 1 N–H and O–H groups in total. The van der Waals surface area contributed by atoms with Crippen LogP contribution in [0.3, 0.4) is 0 Å². The van der Waals surface area contributed by atoms with Crippen molar-refractivity contribution in [3.63, 3.8) is 0 Å². The van der Waals surface area contributed by atoms with Crippen molar-refractivity contribution in [3.8, 4) is 0 Å². The third-order valence-electron chi connectivity index (χ3n) is 3.74. The Morgan fingerprint density at radius 1 is 1.05 bits per heavy atom. The van der Waals surface area contributed by atoms with Gasteiger partial charge in [0.05, 0.1) is 11.6 Å². The molecular formula is C19H22FNO. The van der Waals surface area contributed by atoms with E-state index in [1.54, 1.807) is 12.1 Å². The lowest BCUT2D eigenvalue weighted by Crippen LogP contribution is -2.27. The van der Waals surface area contributed by atoms with Gasteiger partial charge in [-0.3, -0.25) is 4.79 Å². The lowest BCUT2D eigenvalue weighted by molar-refractivity contribution is 0.0936. The smallest absolute Gasteiger partial charge is 0.254 e. The monoisotopic (exact) mass is 299 g/mol. The molecule has 0 aliphatic carbocycles. The number of benzene rings is 2. The zero-order chi connectivity index (χ0) is 16.3. The van der Waals surface area contributed by atoms with E-state index < -0.39 is 11.7 Å². The van der Waals surface area contributed by atoms with Crippen LogP contribution in [0.15, 0.2) is 48.5 Å². The molecule has 2 aromatic carbocycles. The molecule has 0 saturated heterocycles. The Balaban J connectivity index is 2.11. The Bertz CT molecular complexity index is 656. The van der Waals surface area contributed by atoms with Gasteiger partial charge < -0.3 is 5.32 Å². The van der Waals surface area contributed by atoms with Crippen molar-refractivity contribution in [1.82, 2.24) is 5.32 Å². The third-order valence-corrected chi connectivity index (χ3v) is 3.74. The molecule has 0 spiro atoms. The summed E-state index contributed by atoms with van der Waals surface area (Å²) in [6, 6.07) is 14.0. The lowest BCUT2D eigenvalue weighted by atomic mass is 9.86. The second-order valence-corrected chi connectivity index (χ2v) is 6.55. The molecule has 22 heavy (non-hydrogen) atoms. The number of amides is 1. The Morgan fingerprint density at radius 3 is 2.18 bits per heavy atom. The minimum atomic E-state index is -0.504. The molecule has 0 heterocycles. The minimum absolute atomic E-state index is 0.0701. The first-order valence-corrected chi connectivity index (χ1v) is 7.45. The van der Waals surface area contributed by atoms with Gasteiger partial charge in [-0.15, -0.1) is 0 Å². The van der Waals surface area contributed by atoms with E-state index in [9.17, 15) is 9.18 Å². The average molecular weight is 299 g/mol. The van der Waals surface area contributed by atoms with Crippen molar-refractivity contribution in [2.24, 2.45) is 0 Å². The summed E-state index contributed by atoms with van der Waals surface area (Å²) in [4.78, 5) is 12.1. The number of carbonyl (C=O) groups excluding carboxylic acids is 1. The van der Waals surface area contributed by atoms with Crippen molar-refractivity contribution >= 4 is 5.91 Å². The van der Waals surface area contributed by atoms with Gasteiger partial charge in [0.15, 0.2) is 0 Å². The van der Waals surface area contributed by atoms with Crippen LogP contribution in [0.2, 0.25) is 0 Å². The van der Waals surface area contributed by atoms with Crippen molar-refractivity contribution < 1.29 is 9.18 Å². The van der Waals surface area contributed by atoms with Gasteiger partial charge in [0.2, 0.25) is 0 Å². The average Bonchev–Trinajstić information content (AvgIpc) is 2.46. The maximum Gasteiger partial charge on any atom is 0.254 e. The standard InChI is InChI=1S/C19H22FNO/c1-13(14-9-11-15(12-10-14)19(2,3)4)21-18(22)16-7-5-6-8-17(16)20/h5-13H,1-4H3,(H,21,22)/t13-/m0/s1.